The summed E-state index contributed by atoms with van der Waals surface area (Å²) in [6, 6.07) is 40.0. The molecule has 0 amide bonds. The molecule has 0 unspecified atom stereocenters. The molecule has 0 aromatic heterocycles. The van der Waals surface area contributed by atoms with Crippen LogP contribution in [0.5, 0.6) is 0 Å². The van der Waals surface area contributed by atoms with Gasteiger partial charge in [0, 0.05) is 0 Å². The predicted octanol–water partition coefficient (Wildman–Crippen LogP) is 6.29. The van der Waals surface area contributed by atoms with Gasteiger partial charge in [-0.1, -0.05) is 91.0 Å². The lowest BCUT2D eigenvalue weighted by Gasteiger charge is -2.15. The van der Waals surface area contributed by atoms with Crippen LogP contribution in [0.3, 0.4) is 0 Å². The van der Waals surface area contributed by atoms with E-state index in [9.17, 15) is 0 Å². The molecule has 2 radical (unpaired) electrons. The Kier molecular flexibility index (Phi) is 3.95. The van der Waals surface area contributed by atoms with Gasteiger partial charge in [0.15, 0.2) is 0 Å². The smallest absolute Gasteiger partial charge is 0.000718 e. The molecular weight excluding hydrogens is 288 g/mol. The molecule has 0 aliphatic heterocycles. The second kappa shape index (κ2) is 6.55. The summed E-state index contributed by atoms with van der Waals surface area (Å²) in [7, 11) is 0. The van der Waals surface area contributed by atoms with E-state index in [1.165, 1.54) is 22.3 Å². The first-order chi connectivity index (χ1) is 11.9. The van der Waals surface area contributed by atoms with Gasteiger partial charge in [0.25, 0.3) is 0 Å². The van der Waals surface area contributed by atoms with Crippen molar-refractivity contribution in [2.24, 2.45) is 0 Å². The van der Waals surface area contributed by atoms with E-state index in [0.717, 1.165) is 11.1 Å². The summed E-state index contributed by atoms with van der Waals surface area (Å²) < 4.78 is 0. The van der Waals surface area contributed by atoms with Crippen LogP contribution in [0.25, 0.3) is 33.4 Å². The third-order valence-corrected chi connectivity index (χ3v) is 4.14. The highest BCUT2D eigenvalue weighted by Crippen LogP contribution is 2.39. The van der Waals surface area contributed by atoms with Crippen LogP contribution in [0.4, 0.5) is 0 Å². The van der Waals surface area contributed by atoms with E-state index in [-0.39, 0.29) is 0 Å². The summed E-state index contributed by atoms with van der Waals surface area (Å²) >= 11 is 0. The largest absolute Gasteiger partial charge is 0.0622 e. The maximum atomic E-state index is 3.34. The fraction of sp³-hybridized carbons (Fsp3) is 0. The fourth-order valence-electron chi connectivity index (χ4n) is 3.02. The zero-order chi connectivity index (χ0) is 16.2. The SMILES string of the molecule is [c]1[c]c(-c2ccccc2)c(-c2ccccc2)c(-c2ccccc2)c1. The van der Waals surface area contributed by atoms with E-state index < -0.39 is 0 Å². The number of benzene rings is 4. The van der Waals surface area contributed by atoms with Crippen LogP contribution in [0, 0.1) is 12.1 Å². The van der Waals surface area contributed by atoms with Crippen LogP contribution >= 0.6 is 0 Å². The Morgan fingerprint density at radius 1 is 0.500 bits per heavy atom. The molecule has 4 rings (SSSR count). The molecule has 4 aromatic rings. The highest BCUT2D eigenvalue weighted by atomic mass is 14.2. The zero-order valence-electron chi connectivity index (χ0n) is 13.2. The highest BCUT2D eigenvalue weighted by Gasteiger charge is 2.13. The van der Waals surface area contributed by atoms with Crippen molar-refractivity contribution in [3.63, 3.8) is 0 Å². The molecule has 0 N–H and O–H groups in total. The van der Waals surface area contributed by atoms with Gasteiger partial charge in [-0.25, -0.2) is 0 Å². The average Bonchev–Trinajstić information content (AvgIpc) is 2.69. The van der Waals surface area contributed by atoms with Gasteiger partial charge in [-0.05, 0) is 51.6 Å². The zero-order valence-corrected chi connectivity index (χ0v) is 13.2. The van der Waals surface area contributed by atoms with Gasteiger partial charge >= 0.3 is 0 Å². The Hall–Kier alpha value is -3.12. The quantitative estimate of drug-likeness (QED) is 0.417. The van der Waals surface area contributed by atoms with Crippen molar-refractivity contribution in [2.75, 3.05) is 0 Å². The molecule has 0 nitrogen and oxygen atoms in total. The first kappa shape index (κ1) is 14.5. The van der Waals surface area contributed by atoms with Gasteiger partial charge in [-0.3, -0.25) is 0 Å². The lowest BCUT2D eigenvalue weighted by molar-refractivity contribution is 1.54. The van der Waals surface area contributed by atoms with E-state index in [2.05, 4.69) is 84.9 Å². The molecule has 24 heavy (non-hydrogen) atoms. The molecule has 4 aromatic carbocycles. The van der Waals surface area contributed by atoms with Crippen molar-refractivity contribution in [3.8, 4) is 33.4 Å². The molecule has 112 valence electrons. The monoisotopic (exact) mass is 304 g/mol. The van der Waals surface area contributed by atoms with Gasteiger partial charge in [0.2, 0.25) is 0 Å². The van der Waals surface area contributed by atoms with Gasteiger partial charge in [-0.15, -0.1) is 0 Å². The summed E-state index contributed by atoms with van der Waals surface area (Å²) in [6.07, 6.45) is 0. The first-order valence-electron chi connectivity index (χ1n) is 8.06. The Bertz CT molecular complexity index is 866. The lowest BCUT2D eigenvalue weighted by atomic mass is 9.88. The number of hydrogen-bond donors (Lipinski definition) is 0. The average molecular weight is 304 g/mol. The van der Waals surface area contributed by atoms with Crippen molar-refractivity contribution in [3.05, 3.63) is 109 Å². The Labute approximate surface area is 143 Å². The molecule has 0 bridgehead atoms. The maximum absolute atomic E-state index is 3.34. The third-order valence-electron chi connectivity index (χ3n) is 4.14. The van der Waals surface area contributed by atoms with Crippen molar-refractivity contribution in [1.29, 1.82) is 0 Å². The van der Waals surface area contributed by atoms with Crippen molar-refractivity contribution < 1.29 is 0 Å². The second-order valence-electron chi connectivity index (χ2n) is 5.68. The van der Waals surface area contributed by atoms with Crippen molar-refractivity contribution >= 4 is 0 Å². The van der Waals surface area contributed by atoms with E-state index in [1.54, 1.807) is 0 Å². The molecule has 0 spiro atoms. The van der Waals surface area contributed by atoms with Crippen LogP contribution in [-0.4, -0.2) is 0 Å². The predicted molar refractivity (Wildman–Crippen MR) is 100 cm³/mol. The maximum Gasteiger partial charge on any atom is -0.000718 e. The molecule has 0 saturated heterocycles. The first-order valence-corrected chi connectivity index (χ1v) is 8.06. The molecule has 0 saturated carbocycles. The van der Waals surface area contributed by atoms with Crippen LogP contribution in [-0.2, 0) is 0 Å². The van der Waals surface area contributed by atoms with Crippen LogP contribution in [0.15, 0.2) is 97.1 Å². The summed E-state index contributed by atoms with van der Waals surface area (Å²) in [5.41, 5.74) is 7.01. The summed E-state index contributed by atoms with van der Waals surface area (Å²) in [4.78, 5) is 0. The Morgan fingerprint density at radius 3 is 1.58 bits per heavy atom. The number of rotatable bonds is 3. The lowest BCUT2D eigenvalue weighted by Crippen LogP contribution is -1.90. The normalized spacial score (nSPS) is 10.5. The topological polar surface area (TPSA) is 0 Å². The molecule has 0 aliphatic rings. The molecule has 0 fully saturated rings. The van der Waals surface area contributed by atoms with Gasteiger partial charge in [-0.2, -0.15) is 0 Å². The minimum atomic E-state index is 1.09. The Morgan fingerprint density at radius 2 is 1.00 bits per heavy atom. The van der Waals surface area contributed by atoms with E-state index in [0.29, 0.717) is 0 Å². The van der Waals surface area contributed by atoms with Crippen LogP contribution in [0.2, 0.25) is 0 Å². The third kappa shape index (κ3) is 2.75. The molecule has 0 heteroatoms. The molecule has 0 atom stereocenters. The summed E-state index contributed by atoms with van der Waals surface area (Å²) in [5.74, 6) is 0. The molecule has 0 heterocycles. The van der Waals surface area contributed by atoms with E-state index in [4.69, 9.17) is 0 Å². The summed E-state index contributed by atoms with van der Waals surface area (Å²) in [5, 5.41) is 0. The minimum Gasteiger partial charge on any atom is -0.0622 e. The highest BCUT2D eigenvalue weighted by molar-refractivity contribution is 5.94. The van der Waals surface area contributed by atoms with Crippen LogP contribution in [0.1, 0.15) is 0 Å². The standard InChI is InChI=1S/C24H16/c1-4-11-19(12-5-1)22-17-10-18-23(20-13-6-2-7-14-20)24(22)21-15-8-3-9-16-21/h1-9,11-17H. The van der Waals surface area contributed by atoms with E-state index in [1.807, 2.05) is 24.3 Å². The van der Waals surface area contributed by atoms with Crippen LogP contribution < -0.4 is 0 Å². The Balaban J connectivity index is 2.02. The summed E-state index contributed by atoms with van der Waals surface area (Å²) in [6.45, 7) is 0. The van der Waals surface area contributed by atoms with Gasteiger partial charge < -0.3 is 0 Å². The molecule has 0 aliphatic carbocycles. The minimum absolute atomic E-state index is 1.09. The fourth-order valence-corrected chi connectivity index (χ4v) is 3.02. The second-order valence-corrected chi connectivity index (χ2v) is 5.68. The molecular formula is C24H16. The van der Waals surface area contributed by atoms with Gasteiger partial charge in [0.05, 0.1) is 0 Å². The number of hydrogen-bond acceptors (Lipinski definition) is 0. The van der Waals surface area contributed by atoms with Crippen molar-refractivity contribution in [1.82, 2.24) is 0 Å². The van der Waals surface area contributed by atoms with Gasteiger partial charge in [0.1, 0.15) is 0 Å². The van der Waals surface area contributed by atoms with E-state index >= 15 is 0 Å². The van der Waals surface area contributed by atoms with Crippen molar-refractivity contribution in [2.45, 2.75) is 0 Å².